The van der Waals surface area contributed by atoms with Crippen molar-refractivity contribution < 1.29 is 18.9 Å². The van der Waals surface area contributed by atoms with Gasteiger partial charge in [0.2, 0.25) is 6.79 Å². The van der Waals surface area contributed by atoms with E-state index in [1.807, 2.05) is 12.1 Å². The van der Waals surface area contributed by atoms with E-state index in [1.54, 1.807) is 0 Å². The normalized spacial score (nSPS) is 17.7. The zero-order chi connectivity index (χ0) is 10.3. The lowest BCUT2D eigenvalue weighted by Gasteiger charge is -2.12. The second kappa shape index (κ2) is 3.34. The van der Waals surface area contributed by atoms with Crippen LogP contribution in [0.1, 0.15) is 11.9 Å². The third-order valence-electron chi connectivity index (χ3n) is 2.21. The summed E-state index contributed by atoms with van der Waals surface area (Å²) < 4.78 is 21.9. The zero-order valence-corrected chi connectivity index (χ0v) is 9.19. The Hall–Kier alpha value is -1.36. The van der Waals surface area contributed by atoms with Crippen LogP contribution >= 0.6 is 15.9 Å². The Labute approximate surface area is 94.5 Å². The van der Waals surface area contributed by atoms with E-state index in [4.69, 9.17) is 18.9 Å². The molecule has 4 nitrogen and oxygen atoms in total. The molecule has 0 saturated heterocycles. The summed E-state index contributed by atoms with van der Waals surface area (Å²) in [6.07, 6.45) is 2.62. The molecule has 15 heavy (non-hydrogen) atoms. The summed E-state index contributed by atoms with van der Waals surface area (Å²) in [5.41, 5.74) is 0.879. The summed E-state index contributed by atoms with van der Waals surface area (Å²) >= 11 is 3.44. The predicted octanol–water partition coefficient (Wildman–Crippen LogP) is 2.69. The summed E-state index contributed by atoms with van der Waals surface area (Å²) in [4.78, 5) is 0. The fourth-order valence-electron chi connectivity index (χ4n) is 1.50. The fraction of sp³-hybridized carbons (Fsp3) is 0.200. The minimum atomic E-state index is -0.408. The number of halogens is 1. The predicted molar refractivity (Wildman–Crippen MR) is 54.3 cm³/mol. The van der Waals surface area contributed by atoms with E-state index in [0.717, 1.165) is 15.8 Å². The number of benzene rings is 1. The van der Waals surface area contributed by atoms with Gasteiger partial charge in [0, 0.05) is 4.47 Å². The monoisotopic (exact) mass is 270 g/mol. The van der Waals surface area contributed by atoms with Crippen LogP contribution in [0.3, 0.4) is 0 Å². The molecular formula is C10H7BrO4. The largest absolute Gasteiger partial charge is 0.455 e. The van der Waals surface area contributed by atoms with Crippen molar-refractivity contribution in [3.8, 4) is 11.5 Å². The Kier molecular flexibility index (Phi) is 1.98. The second-order valence-corrected chi connectivity index (χ2v) is 3.96. The summed E-state index contributed by atoms with van der Waals surface area (Å²) in [6, 6.07) is 3.70. The highest BCUT2D eigenvalue weighted by Crippen LogP contribution is 2.40. The Balaban J connectivity index is 2.00. The first-order valence-corrected chi connectivity index (χ1v) is 5.19. The first kappa shape index (κ1) is 8.91. The van der Waals surface area contributed by atoms with Crippen LogP contribution in [0.4, 0.5) is 0 Å². The van der Waals surface area contributed by atoms with Gasteiger partial charge in [-0.05, 0) is 12.1 Å². The molecule has 1 aromatic rings. The van der Waals surface area contributed by atoms with Crippen molar-refractivity contribution in [3.05, 3.63) is 34.7 Å². The van der Waals surface area contributed by atoms with Crippen LogP contribution in [0.5, 0.6) is 11.5 Å². The van der Waals surface area contributed by atoms with E-state index in [0.29, 0.717) is 5.75 Å². The molecule has 0 N–H and O–H groups in total. The summed E-state index contributed by atoms with van der Waals surface area (Å²) in [5, 5.41) is 0. The second-order valence-electron chi connectivity index (χ2n) is 3.10. The lowest BCUT2D eigenvalue weighted by atomic mass is 10.2. The highest BCUT2D eigenvalue weighted by atomic mass is 79.9. The molecular weight excluding hydrogens is 264 g/mol. The van der Waals surface area contributed by atoms with Gasteiger partial charge in [0.05, 0.1) is 5.56 Å². The molecule has 0 aromatic heterocycles. The van der Waals surface area contributed by atoms with Gasteiger partial charge in [-0.15, -0.1) is 0 Å². The Morgan fingerprint density at radius 2 is 1.73 bits per heavy atom. The molecule has 0 unspecified atom stereocenters. The van der Waals surface area contributed by atoms with E-state index < -0.39 is 6.29 Å². The van der Waals surface area contributed by atoms with Gasteiger partial charge in [0.25, 0.3) is 6.29 Å². The molecule has 0 radical (unpaired) electrons. The molecule has 1 aromatic carbocycles. The van der Waals surface area contributed by atoms with Crippen LogP contribution in [0.2, 0.25) is 0 Å². The van der Waals surface area contributed by atoms with Crippen molar-refractivity contribution >= 4 is 15.9 Å². The van der Waals surface area contributed by atoms with Crippen molar-refractivity contribution in [2.75, 3.05) is 6.79 Å². The van der Waals surface area contributed by atoms with E-state index in [2.05, 4.69) is 15.9 Å². The van der Waals surface area contributed by atoms with Gasteiger partial charge in [-0.2, -0.15) is 0 Å². The van der Waals surface area contributed by atoms with Crippen LogP contribution in [0, 0.1) is 0 Å². The molecule has 0 bridgehead atoms. The van der Waals surface area contributed by atoms with Crippen molar-refractivity contribution in [3.63, 3.8) is 0 Å². The molecule has 5 heteroatoms. The summed E-state index contributed by atoms with van der Waals surface area (Å²) in [5.74, 6) is 1.45. The van der Waals surface area contributed by atoms with Crippen LogP contribution in [0.15, 0.2) is 29.1 Å². The maximum absolute atomic E-state index is 5.28. The summed E-state index contributed by atoms with van der Waals surface area (Å²) in [7, 11) is 0. The standard InChI is InChI=1S/C10H7BrO4/c11-7-4-9-8(14-5-15-9)3-6(7)10-12-1-2-13-10/h1-4,10H,5H2. The van der Waals surface area contributed by atoms with Crippen molar-refractivity contribution in [2.45, 2.75) is 6.29 Å². The van der Waals surface area contributed by atoms with E-state index in [-0.39, 0.29) is 6.79 Å². The lowest BCUT2D eigenvalue weighted by molar-refractivity contribution is -0.0252. The average molecular weight is 271 g/mol. The van der Waals surface area contributed by atoms with Crippen molar-refractivity contribution in [1.29, 1.82) is 0 Å². The van der Waals surface area contributed by atoms with Crippen molar-refractivity contribution in [2.24, 2.45) is 0 Å². The molecule has 0 saturated carbocycles. The van der Waals surface area contributed by atoms with Gasteiger partial charge in [-0.1, -0.05) is 15.9 Å². The Bertz CT molecular complexity index is 422. The number of ether oxygens (including phenoxy) is 4. The Morgan fingerprint density at radius 3 is 2.47 bits per heavy atom. The quantitative estimate of drug-likeness (QED) is 0.786. The topological polar surface area (TPSA) is 36.9 Å². The molecule has 2 heterocycles. The number of rotatable bonds is 1. The molecule has 3 rings (SSSR count). The highest BCUT2D eigenvalue weighted by molar-refractivity contribution is 9.10. The zero-order valence-electron chi connectivity index (χ0n) is 7.60. The maximum Gasteiger partial charge on any atom is 0.267 e. The number of hydrogen-bond acceptors (Lipinski definition) is 4. The molecule has 78 valence electrons. The molecule has 0 atom stereocenters. The molecule has 0 aliphatic carbocycles. The Morgan fingerprint density at radius 1 is 1.07 bits per heavy atom. The van der Waals surface area contributed by atoms with Crippen molar-refractivity contribution in [1.82, 2.24) is 0 Å². The van der Waals surface area contributed by atoms with Crippen LogP contribution < -0.4 is 9.47 Å². The van der Waals surface area contributed by atoms with Gasteiger partial charge in [-0.25, -0.2) is 0 Å². The molecule has 2 aliphatic heterocycles. The first-order valence-electron chi connectivity index (χ1n) is 4.39. The van der Waals surface area contributed by atoms with E-state index >= 15 is 0 Å². The van der Waals surface area contributed by atoms with E-state index in [9.17, 15) is 0 Å². The van der Waals surface area contributed by atoms with Gasteiger partial charge in [0.1, 0.15) is 12.5 Å². The number of fused-ring (bicyclic) bond motifs is 1. The third-order valence-corrected chi connectivity index (χ3v) is 2.89. The SMILES string of the molecule is Brc1cc2c(cc1C1OC=CO1)OCO2. The van der Waals surface area contributed by atoms with Crippen LogP contribution in [-0.4, -0.2) is 6.79 Å². The highest BCUT2D eigenvalue weighted by Gasteiger charge is 2.23. The lowest BCUT2D eigenvalue weighted by Crippen LogP contribution is -1.98. The first-order chi connectivity index (χ1) is 7.34. The van der Waals surface area contributed by atoms with Crippen LogP contribution in [-0.2, 0) is 9.47 Å². The molecule has 0 spiro atoms. The third kappa shape index (κ3) is 1.43. The maximum atomic E-state index is 5.28. The number of hydrogen-bond donors (Lipinski definition) is 0. The molecule has 0 fully saturated rings. The fourth-order valence-corrected chi connectivity index (χ4v) is 2.01. The van der Waals surface area contributed by atoms with Gasteiger partial charge < -0.3 is 18.9 Å². The molecule has 0 amide bonds. The minimum Gasteiger partial charge on any atom is -0.455 e. The van der Waals surface area contributed by atoms with Gasteiger partial charge in [-0.3, -0.25) is 0 Å². The van der Waals surface area contributed by atoms with Crippen LogP contribution in [0.25, 0.3) is 0 Å². The van der Waals surface area contributed by atoms with E-state index in [1.165, 1.54) is 12.5 Å². The average Bonchev–Trinajstić information content (AvgIpc) is 2.85. The van der Waals surface area contributed by atoms with Gasteiger partial charge in [0.15, 0.2) is 11.5 Å². The molecule has 2 aliphatic rings. The smallest absolute Gasteiger partial charge is 0.267 e. The minimum absolute atomic E-state index is 0.260. The van der Waals surface area contributed by atoms with Gasteiger partial charge >= 0.3 is 0 Å². The summed E-state index contributed by atoms with van der Waals surface area (Å²) in [6.45, 7) is 0.260.